The van der Waals surface area contributed by atoms with E-state index in [1.54, 1.807) is 6.07 Å². The molecule has 1 atom stereocenters. The fourth-order valence-electron chi connectivity index (χ4n) is 1.10. The molecule has 0 aliphatic carbocycles. The van der Waals surface area contributed by atoms with Crippen molar-refractivity contribution in [3.63, 3.8) is 0 Å². The van der Waals surface area contributed by atoms with Crippen LogP contribution in [-0.4, -0.2) is 24.7 Å². The molecule has 5 heteroatoms. The highest BCUT2D eigenvalue weighted by molar-refractivity contribution is 5.19. The van der Waals surface area contributed by atoms with E-state index < -0.39 is 25.0 Å². The second kappa shape index (κ2) is 5.72. The zero-order chi connectivity index (χ0) is 11.3. The first-order chi connectivity index (χ1) is 7.11. The first-order valence-electron chi connectivity index (χ1n) is 4.39. The third kappa shape index (κ3) is 3.89. The largest absolute Gasteiger partial charge is 0.386 e. The molecule has 0 spiro atoms. The van der Waals surface area contributed by atoms with E-state index in [2.05, 4.69) is 4.74 Å². The summed E-state index contributed by atoms with van der Waals surface area (Å²) in [6.07, 6.45) is -3.80. The van der Waals surface area contributed by atoms with Gasteiger partial charge in [0, 0.05) is 5.56 Å². The second-order valence-corrected chi connectivity index (χ2v) is 2.97. The summed E-state index contributed by atoms with van der Waals surface area (Å²) in [4.78, 5) is 0. The number of hydrogen-bond acceptors (Lipinski definition) is 2. The minimum Gasteiger partial charge on any atom is -0.386 e. The van der Waals surface area contributed by atoms with Gasteiger partial charge in [0.05, 0.1) is 6.61 Å². The lowest BCUT2D eigenvalue weighted by Crippen LogP contribution is -2.12. The highest BCUT2D eigenvalue weighted by Gasteiger charge is 2.13. The van der Waals surface area contributed by atoms with Crippen molar-refractivity contribution in [2.24, 2.45) is 0 Å². The van der Waals surface area contributed by atoms with Gasteiger partial charge >= 0.3 is 0 Å². The van der Waals surface area contributed by atoms with E-state index in [0.717, 1.165) is 0 Å². The topological polar surface area (TPSA) is 29.5 Å². The molecule has 2 nitrogen and oxygen atoms in total. The average Bonchev–Trinajstić information content (AvgIpc) is 2.17. The predicted octanol–water partition coefficient (Wildman–Crippen LogP) is 2.14. The van der Waals surface area contributed by atoms with E-state index in [1.165, 1.54) is 18.2 Å². The fraction of sp³-hybridized carbons (Fsp3) is 0.400. The van der Waals surface area contributed by atoms with Crippen molar-refractivity contribution in [1.29, 1.82) is 0 Å². The van der Waals surface area contributed by atoms with E-state index >= 15 is 0 Å². The van der Waals surface area contributed by atoms with Crippen LogP contribution in [0.2, 0.25) is 0 Å². The Morgan fingerprint density at radius 3 is 2.47 bits per heavy atom. The van der Waals surface area contributed by atoms with Crippen molar-refractivity contribution in [3.8, 4) is 0 Å². The Balaban J connectivity index is 2.47. The minimum absolute atomic E-state index is 0.0479. The zero-order valence-corrected chi connectivity index (χ0v) is 7.87. The van der Waals surface area contributed by atoms with E-state index in [4.69, 9.17) is 0 Å². The van der Waals surface area contributed by atoms with Crippen molar-refractivity contribution in [2.75, 3.05) is 13.2 Å². The summed E-state index contributed by atoms with van der Waals surface area (Å²) >= 11 is 0. The zero-order valence-electron chi connectivity index (χ0n) is 7.87. The van der Waals surface area contributed by atoms with Crippen molar-refractivity contribution < 1.29 is 23.0 Å². The third-order valence-corrected chi connectivity index (χ3v) is 1.78. The van der Waals surface area contributed by atoms with Gasteiger partial charge in [-0.2, -0.15) is 0 Å². The molecule has 1 rings (SSSR count). The molecular formula is C10H11F3O2. The summed E-state index contributed by atoms with van der Waals surface area (Å²) < 4.78 is 40.9. The van der Waals surface area contributed by atoms with Crippen molar-refractivity contribution in [3.05, 3.63) is 35.6 Å². The molecule has 0 aromatic heterocycles. The molecule has 0 heterocycles. The van der Waals surface area contributed by atoms with Crippen molar-refractivity contribution >= 4 is 0 Å². The molecule has 0 aliphatic heterocycles. The minimum atomic E-state index is -2.59. The molecule has 0 saturated carbocycles. The van der Waals surface area contributed by atoms with Gasteiger partial charge < -0.3 is 9.84 Å². The lowest BCUT2D eigenvalue weighted by molar-refractivity contribution is -0.0212. The Morgan fingerprint density at radius 2 is 1.87 bits per heavy atom. The van der Waals surface area contributed by atoms with E-state index in [0.29, 0.717) is 0 Å². The number of benzene rings is 1. The Bertz CT molecular complexity index is 304. The van der Waals surface area contributed by atoms with Gasteiger partial charge in [0.1, 0.15) is 18.5 Å². The lowest BCUT2D eigenvalue weighted by Gasteiger charge is -2.11. The molecule has 1 unspecified atom stereocenters. The van der Waals surface area contributed by atoms with Gasteiger partial charge in [0.25, 0.3) is 6.43 Å². The standard InChI is InChI=1S/C10H11F3O2/c11-8-4-2-1-3-7(8)9(14)5-15-6-10(12)13/h1-4,9-10,14H,5-6H2. The maximum absolute atomic E-state index is 13.1. The smallest absolute Gasteiger partial charge is 0.261 e. The molecule has 0 fully saturated rings. The van der Waals surface area contributed by atoms with Crippen LogP contribution < -0.4 is 0 Å². The van der Waals surface area contributed by atoms with Gasteiger partial charge in [-0.05, 0) is 6.07 Å². The van der Waals surface area contributed by atoms with Crippen LogP contribution in [0.15, 0.2) is 24.3 Å². The number of aliphatic hydroxyl groups excluding tert-OH is 1. The predicted molar refractivity (Wildman–Crippen MR) is 48.2 cm³/mol. The number of halogens is 3. The van der Waals surface area contributed by atoms with Crippen LogP contribution in [0.1, 0.15) is 11.7 Å². The molecule has 1 aromatic carbocycles. The lowest BCUT2D eigenvalue weighted by atomic mass is 10.1. The monoisotopic (exact) mass is 220 g/mol. The van der Waals surface area contributed by atoms with Crippen LogP contribution in [0.5, 0.6) is 0 Å². The molecule has 0 bridgehead atoms. The number of ether oxygens (including phenoxy) is 1. The third-order valence-electron chi connectivity index (χ3n) is 1.78. The molecule has 0 amide bonds. The van der Waals surface area contributed by atoms with Crippen LogP contribution in [0, 0.1) is 5.82 Å². The SMILES string of the molecule is OC(COCC(F)F)c1ccccc1F. The molecule has 0 radical (unpaired) electrons. The molecule has 0 aliphatic rings. The second-order valence-electron chi connectivity index (χ2n) is 2.97. The Kier molecular flexibility index (Phi) is 4.58. The highest BCUT2D eigenvalue weighted by atomic mass is 19.3. The highest BCUT2D eigenvalue weighted by Crippen LogP contribution is 2.16. The molecule has 1 N–H and O–H groups in total. The number of alkyl halides is 2. The molecular weight excluding hydrogens is 209 g/mol. The van der Waals surface area contributed by atoms with Gasteiger partial charge in [0.15, 0.2) is 0 Å². The fourth-order valence-corrected chi connectivity index (χ4v) is 1.10. The maximum atomic E-state index is 13.1. The van der Waals surface area contributed by atoms with Crippen molar-refractivity contribution in [2.45, 2.75) is 12.5 Å². The van der Waals surface area contributed by atoms with E-state index in [1.807, 2.05) is 0 Å². The van der Waals surface area contributed by atoms with Gasteiger partial charge in [0.2, 0.25) is 0 Å². The number of hydrogen-bond donors (Lipinski definition) is 1. The molecule has 0 saturated heterocycles. The van der Waals surface area contributed by atoms with Crippen LogP contribution in [0.25, 0.3) is 0 Å². The van der Waals surface area contributed by atoms with E-state index in [9.17, 15) is 18.3 Å². The van der Waals surface area contributed by atoms with E-state index in [-0.39, 0.29) is 12.2 Å². The van der Waals surface area contributed by atoms with Gasteiger partial charge in [-0.15, -0.1) is 0 Å². The Labute approximate surface area is 85.3 Å². The summed E-state index contributed by atoms with van der Waals surface area (Å²) in [5.74, 6) is -0.578. The van der Waals surface area contributed by atoms with Crippen LogP contribution in [0.4, 0.5) is 13.2 Å². The number of aliphatic hydroxyl groups is 1. The summed E-state index contributed by atoms with van der Waals surface area (Å²) in [6.45, 7) is -1.10. The maximum Gasteiger partial charge on any atom is 0.261 e. The van der Waals surface area contributed by atoms with Crippen LogP contribution in [-0.2, 0) is 4.74 Å². The average molecular weight is 220 g/mol. The summed E-state index contributed by atoms with van der Waals surface area (Å²) in [6, 6.07) is 5.59. The quantitative estimate of drug-likeness (QED) is 0.823. The normalized spacial score (nSPS) is 13.1. The van der Waals surface area contributed by atoms with Crippen molar-refractivity contribution in [1.82, 2.24) is 0 Å². The molecule has 15 heavy (non-hydrogen) atoms. The summed E-state index contributed by atoms with van der Waals surface area (Å²) in [5.41, 5.74) is 0.0479. The van der Waals surface area contributed by atoms with Gasteiger partial charge in [-0.1, -0.05) is 18.2 Å². The van der Waals surface area contributed by atoms with Crippen LogP contribution >= 0.6 is 0 Å². The first kappa shape index (κ1) is 12.0. The number of rotatable bonds is 5. The van der Waals surface area contributed by atoms with Gasteiger partial charge in [-0.25, -0.2) is 13.2 Å². The molecule has 84 valence electrons. The Morgan fingerprint density at radius 1 is 1.20 bits per heavy atom. The summed E-state index contributed by atoms with van der Waals surface area (Å²) in [5, 5.41) is 9.40. The van der Waals surface area contributed by atoms with Gasteiger partial charge in [-0.3, -0.25) is 0 Å². The van der Waals surface area contributed by atoms with Crippen LogP contribution in [0.3, 0.4) is 0 Å². The summed E-state index contributed by atoms with van der Waals surface area (Å²) in [7, 11) is 0. The molecule has 1 aromatic rings. The first-order valence-corrected chi connectivity index (χ1v) is 4.39. The Hall–Kier alpha value is -1.07.